The minimum Gasteiger partial charge on any atom is -0.395 e. The number of pyridine rings is 1. The Labute approximate surface area is 132 Å². The Morgan fingerprint density at radius 2 is 2.17 bits per heavy atom. The van der Waals surface area contributed by atoms with Crippen molar-refractivity contribution in [2.75, 3.05) is 13.2 Å². The summed E-state index contributed by atoms with van der Waals surface area (Å²) in [5.41, 5.74) is 1.93. The predicted octanol–water partition coefficient (Wildman–Crippen LogP) is 2.34. The molecular weight excluding hydrogens is 297 g/mol. The fourth-order valence-electron chi connectivity index (χ4n) is 2.47. The number of halogens is 1. The lowest BCUT2D eigenvalue weighted by atomic mass is 10.2. The van der Waals surface area contributed by atoms with E-state index in [1.165, 1.54) is 17.0 Å². The second-order valence-corrected chi connectivity index (χ2v) is 5.23. The van der Waals surface area contributed by atoms with Gasteiger partial charge in [-0.2, -0.15) is 0 Å². The number of hydrogen-bond acceptors (Lipinski definition) is 3. The number of aromatic amines is 1. The summed E-state index contributed by atoms with van der Waals surface area (Å²) in [6, 6.07) is 9.59. The van der Waals surface area contributed by atoms with Gasteiger partial charge in [-0.1, -0.05) is 6.07 Å². The molecule has 0 bridgehead atoms. The Hall–Kier alpha value is -2.73. The lowest BCUT2D eigenvalue weighted by molar-refractivity contribution is 0.0703. The van der Waals surface area contributed by atoms with Gasteiger partial charge in [-0.15, -0.1) is 0 Å². The number of H-pyrrole nitrogens is 1. The Morgan fingerprint density at radius 1 is 1.30 bits per heavy atom. The molecule has 0 aliphatic rings. The van der Waals surface area contributed by atoms with Gasteiger partial charge in [0.2, 0.25) is 0 Å². The summed E-state index contributed by atoms with van der Waals surface area (Å²) in [5.74, 6) is -0.599. The number of aliphatic hydroxyl groups excluding tert-OH is 1. The zero-order valence-corrected chi connectivity index (χ0v) is 12.4. The van der Waals surface area contributed by atoms with Crippen molar-refractivity contribution in [2.45, 2.75) is 6.54 Å². The second-order valence-electron chi connectivity index (χ2n) is 5.23. The molecule has 5 nitrogen and oxygen atoms in total. The summed E-state index contributed by atoms with van der Waals surface area (Å²) >= 11 is 0. The SMILES string of the molecule is O=C(c1cc2cc(F)ccc2[nH]1)N(CCO)Cc1cccnc1. The first-order valence-electron chi connectivity index (χ1n) is 7.24. The van der Waals surface area contributed by atoms with E-state index in [2.05, 4.69) is 9.97 Å². The van der Waals surface area contributed by atoms with Gasteiger partial charge in [-0.3, -0.25) is 9.78 Å². The molecule has 118 valence electrons. The topological polar surface area (TPSA) is 69.2 Å². The van der Waals surface area contributed by atoms with E-state index in [-0.39, 0.29) is 24.9 Å². The van der Waals surface area contributed by atoms with Crippen LogP contribution < -0.4 is 0 Å². The van der Waals surface area contributed by atoms with Crippen LogP contribution in [0.3, 0.4) is 0 Å². The van der Waals surface area contributed by atoms with Crippen molar-refractivity contribution in [1.82, 2.24) is 14.9 Å². The molecule has 1 aromatic carbocycles. The molecule has 0 saturated heterocycles. The molecule has 0 aliphatic heterocycles. The van der Waals surface area contributed by atoms with Crippen LogP contribution >= 0.6 is 0 Å². The first-order valence-corrected chi connectivity index (χ1v) is 7.24. The van der Waals surface area contributed by atoms with Crippen LogP contribution in [-0.4, -0.2) is 39.0 Å². The van der Waals surface area contributed by atoms with Crippen LogP contribution in [0.1, 0.15) is 16.1 Å². The van der Waals surface area contributed by atoms with E-state index in [4.69, 9.17) is 0 Å². The Kier molecular flexibility index (Phi) is 4.34. The van der Waals surface area contributed by atoms with Crippen molar-refractivity contribution in [1.29, 1.82) is 0 Å². The number of carbonyl (C=O) groups excluding carboxylic acids is 1. The number of nitrogens with one attached hydrogen (secondary N) is 1. The number of nitrogens with zero attached hydrogens (tertiary/aromatic N) is 2. The van der Waals surface area contributed by atoms with E-state index in [1.54, 1.807) is 30.6 Å². The van der Waals surface area contributed by atoms with Crippen molar-refractivity contribution in [3.8, 4) is 0 Å². The number of aromatic nitrogens is 2. The standard InChI is InChI=1S/C17H16FN3O2/c18-14-3-4-15-13(8-14)9-16(20-15)17(23)21(6-7-22)11-12-2-1-5-19-10-12/h1-5,8-10,20,22H,6-7,11H2. The molecule has 6 heteroatoms. The third-order valence-electron chi connectivity index (χ3n) is 3.57. The summed E-state index contributed by atoms with van der Waals surface area (Å²) in [5, 5.41) is 9.86. The number of carbonyl (C=O) groups is 1. The average molecular weight is 313 g/mol. The van der Waals surface area contributed by atoms with Crippen molar-refractivity contribution in [2.24, 2.45) is 0 Å². The Balaban J connectivity index is 1.87. The van der Waals surface area contributed by atoms with Crippen molar-refractivity contribution in [3.05, 3.63) is 65.9 Å². The van der Waals surface area contributed by atoms with E-state index >= 15 is 0 Å². The molecule has 0 aliphatic carbocycles. The lowest BCUT2D eigenvalue weighted by Crippen LogP contribution is -2.33. The van der Waals surface area contributed by atoms with E-state index in [0.29, 0.717) is 23.1 Å². The third-order valence-corrected chi connectivity index (χ3v) is 3.57. The first kappa shape index (κ1) is 15.2. The maximum absolute atomic E-state index is 13.3. The summed E-state index contributed by atoms with van der Waals surface area (Å²) in [6.07, 6.45) is 3.34. The molecule has 3 rings (SSSR count). The maximum Gasteiger partial charge on any atom is 0.270 e. The van der Waals surface area contributed by atoms with E-state index in [1.807, 2.05) is 6.07 Å². The molecule has 0 unspecified atom stereocenters. The summed E-state index contributed by atoms with van der Waals surface area (Å²) in [4.78, 5) is 21.2. The van der Waals surface area contributed by atoms with Gasteiger partial charge in [-0.25, -0.2) is 4.39 Å². The number of rotatable bonds is 5. The summed E-state index contributed by atoms with van der Waals surface area (Å²) < 4.78 is 13.3. The number of fused-ring (bicyclic) bond motifs is 1. The maximum atomic E-state index is 13.3. The molecular formula is C17H16FN3O2. The fraction of sp³-hybridized carbons (Fsp3) is 0.176. The third kappa shape index (κ3) is 3.37. The quantitative estimate of drug-likeness (QED) is 0.759. The fourth-order valence-corrected chi connectivity index (χ4v) is 2.47. The van der Waals surface area contributed by atoms with Gasteiger partial charge < -0.3 is 15.0 Å². The van der Waals surface area contributed by atoms with Gasteiger partial charge in [0.25, 0.3) is 5.91 Å². The molecule has 2 aromatic heterocycles. The molecule has 0 radical (unpaired) electrons. The number of benzene rings is 1. The largest absolute Gasteiger partial charge is 0.395 e. The number of hydrogen-bond donors (Lipinski definition) is 2. The Morgan fingerprint density at radius 3 is 2.91 bits per heavy atom. The monoisotopic (exact) mass is 313 g/mol. The second kappa shape index (κ2) is 6.58. The average Bonchev–Trinajstić information content (AvgIpc) is 2.98. The highest BCUT2D eigenvalue weighted by Crippen LogP contribution is 2.18. The number of aliphatic hydroxyl groups is 1. The molecule has 0 saturated carbocycles. The van der Waals surface area contributed by atoms with Gasteiger partial charge in [0.05, 0.1) is 6.61 Å². The molecule has 0 fully saturated rings. The van der Waals surface area contributed by atoms with E-state index in [9.17, 15) is 14.3 Å². The van der Waals surface area contributed by atoms with Gasteiger partial charge in [0.1, 0.15) is 11.5 Å². The van der Waals surface area contributed by atoms with Crippen molar-refractivity contribution >= 4 is 16.8 Å². The van der Waals surface area contributed by atoms with Gasteiger partial charge in [-0.05, 0) is 35.9 Å². The van der Waals surface area contributed by atoms with Crippen molar-refractivity contribution < 1.29 is 14.3 Å². The first-order chi connectivity index (χ1) is 11.2. The summed E-state index contributed by atoms with van der Waals surface area (Å²) in [7, 11) is 0. The molecule has 0 spiro atoms. The van der Waals surface area contributed by atoms with Crippen molar-refractivity contribution in [3.63, 3.8) is 0 Å². The zero-order chi connectivity index (χ0) is 16.2. The van der Waals surface area contributed by atoms with Crippen LogP contribution in [0.5, 0.6) is 0 Å². The Bertz CT molecular complexity index is 817. The van der Waals surface area contributed by atoms with E-state index < -0.39 is 0 Å². The molecule has 0 atom stereocenters. The smallest absolute Gasteiger partial charge is 0.270 e. The zero-order valence-electron chi connectivity index (χ0n) is 12.4. The van der Waals surface area contributed by atoms with Crippen LogP contribution in [0.25, 0.3) is 10.9 Å². The normalized spacial score (nSPS) is 10.9. The molecule has 3 aromatic rings. The van der Waals surface area contributed by atoms with Crippen LogP contribution in [0.4, 0.5) is 4.39 Å². The van der Waals surface area contributed by atoms with Gasteiger partial charge >= 0.3 is 0 Å². The van der Waals surface area contributed by atoms with Crippen LogP contribution in [-0.2, 0) is 6.54 Å². The molecule has 23 heavy (non-hydrogen) atoms. The van der Waals surface area contributed by atoms with Crippen LogP contribution in [0.15, 0.2) is 48.8 Å². The highest BCUT2D eigenvalue weighted by molar-refractivity contribution is 5.98. The lowest BCUT2D eigenvalue weighted by Gasteiger charge is -2.21. The highest BCUT2D eigenvalue weighted by atomic mass is 19.1. The van der Waals surface area contributed by atoms with Gasteiger partial charge in [0, 0.05) is 36.4 Å². The molecule has 1 amide bonds. The van der Waals surface area contributed by atoms with E-state index in [0.717, 1.165) is 5.56 Å². The molecule has 2 heterocycles. The highest BCUT2D eigenvalue weighted by Gasteiger charge is 2.18. The van der Waals surface area contributed by atoms with Gasteiger partial charge in [0.15, 0.2) is 0 Å². The number of amides is 1. The van der Waals surface area contributed by atoms with Crippen LogP contribution in [0.2, 0.25) is 0 Å². The molecule has 2 N–H and O–H groups in total. The van der Waals surface area contributed by atoms with Crippen LogP contribution in [0, 0.1) is 5.82 Å². The minimum atomic E-state index is -0.349. The predicted molar refractivity (Wildman–Crippen MR) is 84.3 cm³/mol. The summed E-state index contributed by atoms with van der Waals surface area (Å²) in [6.45, 7) is 0.412. The minimum absolute atomic E-state index is 0.138.